The lowest BCUT2D eigenvalue weighted by molar-refractivity contribution is -0.138. The molecule has 2 aromatic carbocycles. The molecular weight excluding hydrogens is 508 g/mol. The molecule has 1 aliphatic heterocycles. The highest BCUT2D eigenvalue weighted by molar-refractivity contribution is 7.80. The van der Waals surface area contributed by atoms with Gasteiger partial charge in [0.25, 0.3) is 0 Å². The van der Waals surface area contributed by atoms with E-state index in [9.17, 15) is 24.6 Å². The molecule has 0 fully saturated rings. The third kappa shape index (κ3) is 5.81. The molecule has 0 saturated heterocycles. The Morgan fingerprint density at radius 1 is 1.08 bits per heavy atom. The van der Waals surface area contributed by atoms with Crippen molar-refractivity contribution in [2.24, 2.45) is 0 Å². The van der Waals surface area contributed by atoms with Crippen LogP contribution in [0.15, 0.2) is 76.0 Å². The zero-order valence-corrected chi connectivity index (χ0v) is 21.2. The summed E-state index contributed by atoms with van der Waals surface area (Å²) in [5.41, 5.74) is 2.31. The minimum atomic E-state index is -1.16. The summed E-state index contributed by atoms with van der Waals surface area (Å²) in [4.78, 5) is 35.7. The van der Waals surface area contributed by atoms with Crippen molar-refractivity contribution in [2.75, 3.05) is 18.5 Å². The smallest absolute Gasteiger partial charge is 0.336 e. The van der Waals surface area contributed by atoms with Crippen molar-refractivity contribution in [3.63, 3.8) is 0 Å². The molecule has 0 spiro atoms. The normalized spacial score (nSPS) is 10.8. The number of aromatic carboxylic acids is 1. The molecule has 9 nitrogen and oxygen atoms in total. The quantitative estimate of drug-likeness (QED) is 0.0826. The lowest BCUT2D eigenvalue weighted by Crippen LogP contribution is -2.30. The van der Waals surface area contributed by atoms with E-state index in [0.29, 0.717) is 51.9 Å². The minimum absolute atomic E-state index is 0.00224. The number of thiocarbonyl (C=S) groups is 1. The maximum atomic E-state index is 12.3. The molecule has 2 aliphatic rings. The van der Waals surface area contributed by atoms with E-state index < -0.39 is 11.9 Å². The maximum absolute atomic E-state index is 12.3. The fourth-order valence-electron chi connectivity index (χ4n) is 3.90. The van der Waals surface area contributed by atoms with Crippen LogP contribution < -0.4 is 16.1 Å². The first-order chi connectivity index (χ1) is 18.1. The first-order valence-electron chi connectivity index (χ1n) is 11.6. The predicted octanol–water partition coefficient (Wildman–Crippen LogP) is 4.76. The fourth-order valence-corrected chi connectivity index (χ4v) is 4.12. The van der Waals surface area contributed by atoms with E-state index in [1.165, 1.54) is 30.3 Å². The zero-order chi connectivity index (χ0) is 27.4. The first kappa shape index (κ1) is 26.4. The molecule has 10 heteroatoms. The summed E-state index contributed by atoms with van der Waals surface area (Å²) in [6.07, 6.45) is 0.514. The number of carboxylic acid groups (broad SMARTS) is 1. The number of carboxylic acids is 1. The minimum Gasteiger partial charge on any atom is -0.508 e. The van der Waals surface area contributed by atoms with E-state index in [1.807, 2.05) is 0 Å². The second-order valence-corrected chi connectivity index (χ2v) is 8.94. The molecule has 0 atom stereocenters. The van der Waals surface area contributed by atoms with Gasteiger partial charge in [-0.25, -0.2) is 9.59 Å². The van der Waals surface area contributed by atoms with Crippen LogP contribution >= 0.6 is 12.2 Å². The third-order valence-corrected chi connectivity index (χ3v) is 5.89. The van der Waals surface area contributed by atoms with E-state index in [-0.39, 0.29) is 34.2 Å². The van der Waals surface area contributed by atoms with E-state index in [0.717, 1.165) is 0 Å². The highest BCUT2D eigenvalue weighted by Crippen LogP contribution is 2.42. The first-order valence-corrected chi connectivity index (χ1v) is 12.0. The number of phenolic OH excluding ortho intramolecular Hbond substituents is 1. The molecule has 0 amide bonds. The molecule has 4 rings (SSSR count). The van der Waals surface area contributed by atoms with E-state index in [2.05, 4.69) is 17.2 Å². The molecule has 1 heterocycles. The average molecular weight is 533 g/mol. The topological polar surface area (TPSA) is 138 Å². The van der Waals surface area contributed by atoms with Crippen molar-refractivity contribution >= 4 is 45.9 Å². The average Bonchev–Trinajstić information content (AvgIpc) is 2.86. The SMILES string of the molecule is C=C(C)C(=O)OCCCNC(=S)Nc1ccc(-c2c3ccc(=O)cc-3oc3cc(O)ccc23)c(C(=O)O)c1. The fraction of sp³-hybridized carbons (Fsp3) is 0.143. The van der Waals surface area contributed by atoms with Crippen LogP contribution in [-0.2, 0) is 9.53 Å². The lowest BCUT2D eigenvalue weighted by atomic mass is 9.90. The highest BCUT2D eigenvalue weighted by Gasteiger charge is 2.22. The Balaban J connectivity index is 1.62. The summed E-state index contributed by atoms with van der Waals surface area (Å²) in [5, 5.41) is 26.8. The Labute approximate surface area is 222 Å². The maximum Gasteiger partial charge on any atom is 0.336 e. The van der Waals surface area contributed by atoms with Crippen molar-refractivity contribution in [2.45, 2.75) is 13.3 Å². The highest BCUT2D eigenvalue weighted by atomic mass is 32.1. The molecule has 0 radical (unpaired) electrons. The van der Waals surface area contributed by atoms with Gasteiger partial charge in [-0.05, 0) is 67.5 Å². The summed E-state index contributed by atoms with van der Waals surface area (Å²) in [6, 6.07) is 13.6. The number of ether oxygens (including phenoxy) is 1. The summed E-state index contributed by atoms with van der Waals surface area (Å²) in [7, 11) is 0. The van der Waals surface area contributed by atoms with Gasteiger partial charge in [0.05, 0.1) is 12.2 Å². The number of benzene rings is 3. The zero-order valence-electron chi connectivity index (χ0n) is 20.4. The van der Waals surface area contributed by atoms with Crippen molar-refractivity contribution in [1.82, 2.24) is 5.32 Å². The van der Waals surface area contributed by atoms with Gasteiger partial charge in [0, 0.05) is 46.5 Å². The predicted molar refractivity (Wildman–Crippen MR) is 148 cm³/mol. The van der Waals surface area contributed by atoms with Gasteiger partial charge in [-0.3, -0.25) is 4.79 Å². The van der Waals surface area contributed by atoms with Gasteiger partial charge >= 0.3 is 11.9 Å². The lowest BCUT2D eigenvalue weighted by Gasteiger charge is -2.18. The molecule has 0 unspecified atom stereocenters. The number of phenols is 1. The Kier molecular flexibility index (Phi) is 7.73. The molecule has 0 aromatic heterocycles. The molecule has 194 valence electrons. The molecule has 1 aliphatic carbocycles. The number of fused-ring (bicyclic) bond motifs is 2. The van der Waals surface area contributed by atoms with Gasteiger partial charge < -0.3 is 30.0 Å². The van der Waals surface area contributed by atoms with E-state index in [4.69, 9.17) is 21.4 Å². The Hall–Kier alpha value is -4.70. The summed E-state index contributed by atoms with van der Waals surface area (Å²) < 4.78 is 10.9. The van der Waals surface area contributed by atoms with E-state index in [1.54, 1.807) is 31.2 Å². The number of aromatic hydroxyl groups is 1. The van der Waals surface area contributed by atoms with Gasteiger partial charge in [0.2, 0.25) is 0 Å². The second-order valence-electron chi connectivity index (χ2n) is 8.53. The van der Waals surface area contributed by atoms with Crippen LogP contribution in [0.1, 0.15) is 23.7 Å². The van der Waals surface area contributed by atoms with Gasteiger partial charge in [0.1, 0.15) is 17.1 Å². The van der Waals surface area contributed by atoms with Gasteiger partial charge in [-0.15, -0.1) is 0 Å². The molecule has 2 aromatic rings. The van der Waals surface area contributed by atoms with Gasteiger partial charge in [-0.2, -0.15) is 0 Å². The number of carbonyl (C=O) groups is 2. The number of anilines is 1. The summed E-state index contributed by atoms with van der Waals surface area (Å²) in [5.74, 6) is -1.38. The number of nitrogens with one attached hydrogen (secondary N) is 2. The number of hydrogen-bond donors (Lipinski definition) is 4. The molecular formula is C28H24N2O7S. The summed E-state index contributed by atoms with van der Waals surface area (Å²) in [6.45, 7) is 5.73. The second kappa shape index (κ2) is 11.1. The summed E-state index contributed by atoms with van der Waals surface area (Å²) >= 11 is 5.31. The van der Waals surface area contributed by atoms with Crippen molar-refractivity contribution in [1.29, 1.82) is 0 Å². The molecule has 0 saturated carbocycles. The number of esters is 1. The van der Waals surface area contributed by atoms with Crippen LogP contribution in [0.25, 0.3) is 33.4 Å². The van der Waals surface area contributed by atoms with E-state index >= 15 is 0 Å². The molecule has 0 bridgehead atoms. The monoisotopic (exact) mass is 532 g/mol. The van der Waals surface area contributed by atoms with Crippen molar-refractivity contribution < 1.29 is 29.0 Å². The Morgan fingerprint density at radius 3 is 2.58 bits per heavy atom. The van der Waals surface area contributed by atoms with Crippen LogP contribution in [0.3, 0.4) is 0 Å². The molecule has 38 heavy (non-hydrogen) atoms. The van der Waals surface area contributed by atoms with Crippen LogP contribution in [0.5, 0.6) is 5.75 Å². The van der Waals surface area contributed by atoms with Gasteiger partial charge in [0.15, 0.2) is 10.5 Å². The number of hydrogen-bond acceptors (Lipinski definition) is 7. The number of rotatable bonds is 8. The van der Waals surface area contributed by atoms with Gasteiger partial charge in [-0.1, -0.05) is 12.6 Å². The van der Waals surface area contributed by atoms with Crippen LogP contribution in [0.4, 0.5) is 5.69 Å². The standard InChI is InChI=1S/C28H24N2O7S/c1-15(2)27(35)36-11-3-10-29-28(38)30-16-4-7-19(22(12-16)26(33)34)25-20-8-5-17(31)13-23(20)37-24-14-18(32)6-9-21(24)25/h4-9,12-14,31H,1,3,10-11H2,2H3,(H,33,34)(H2,29,30,38). The van der Waals surface area contributed by atoms with Crippen molar-refractivity contribution in [3.05, 3.63) is 82.5 Å². The van der Waals surface area contributed by atoms with Crippen molar-refractivity contribution in [3.8, 4) is 28.2 Å². The van der Waals surface area contributed by atoms with Crippen LogP contribution in [0.2, 0.25) is 0 Å². The number of carbonyl (C=O) groups excluding carboxylic acids is 1. The molecule has 4 N–H and O–H groups in total. The van der Waals surface area contributed by atoms with Crippen LogP contribution in [-0.4, -0.2) is 40.4 Å². The Bertz CT molecular complexity index is 1610. The largest absolute Gasteiger partial charge is 0.508 e. The Morgan fingerprint density at radius 2 is 1.84 bits per heavy atom. The van der Waals surface area contributed by atoms with Crippen LogP contribution in [0, 0.1) is 0 Å². The third-order valence-electron chi connectivity index (χ3n) is 5.64.